The number of fused-ring (bicyclic) bond motifs is 1. The molecule has 0 amide bonds. The van der Waals surface area contributed by atoms with Crippen LogP contribution in [0.5, 0.6) is 11.6 Å². The van der Waals surface area contributed by atoms with Crippen molar-refractivity contribution in [1.82, 2.24) is 15.0 Å². The number of hydrogen-bond acceptors (Lipinski definition) is 7. The topological polar surface area (TPSA) is 120 Å². The van der Waals surface area contributed by atoms with Crippen LogP contribution < -0.4 is 15.2 Å². The highest BCUT2D eigenvalue weighted by atomic mass is 32.2. The molecule has 2 heterocycles. The third kappa shape index (κ3) is 4.07. The smallest absolute Gasteiger partial charge is 0.235 e. The molecule has 0 saturated heterocycles. The minimum Gasteiger partial charge on any atom is -0.437 e. The van der Waals surface area contributed by atoms with Gasteiger partial charge >= 0.3 is 0 Å². The minimum atomic E-state index is -3.43. The van der Waals surface area contributed by atoms with Gasteiger partial charge in [-0.2, -0.15) is 0 Å². The van der Waals surface area contributed by atoms with Crippen molar-refractivity contribution in [1.29, 1.82) is 0 Å². The number of pyridine rings is 1. The summed E-state index contributed by atoms with van der Waals surface area (Å²) >= 11 is 0. The Balaban J connectivity index is 1.57. The summed E-state index contributed by atoms with van der Waals surface area (Å²) in [5.74, 6) is 1.12. The van der Waals surface area contributed by atoms with Crippen molar-refractivity contribution in [2.45, 2.75) is 31.4 Å². The maximum absolute atomic E-state index is 12.7. The number of aryl methyl sites for hydroxylation is 1. The maximum atomic E-state index is 12.7. The van der Waals surface area contributed by atoms with Gasteiger partial charge in [-0.1, -0.05) is 30.7 Å². The van der Waals surface area contributed by atoms with Crippen LogP contribution in [0.25, 0.3) is 22.0 Å². The zero-order valence-corrected chi connectivity index (χ0v) is 18.8. The summed E-state index contributed by atoms with van der Waals surface area (Å²) in [6, 6.07) is 14.7. The Morgan fingerprint density at radius 1 is 1.00 bits per heavy atom. The number of nitrogens with two attached hydrogens (primary N) is 1. The van der Waals surface area contributed by atoms with Crippen LogP contribution in [0.1, 0.15) is 24.8 Å². The number of sulfonamides is 1. The van der Waals surface area contributed by atoms with E-state index in [-0.39, 0.29) is 11.2 Å². The second kappa shape index (κ2) is 8.32. The number of benzene rings is 2. The van der Waals surface area contributed by atoms with Gasteiger partial charge in [0.25, 0.3) is 0 Å². The van der Waals surface area contributed by atoms with E-state index in [0.717, 1.165) is 22.8 Å². The molecule has 0 aliphatic heterocycles. The number of anilines is 2. The lowest BCUT2D eigenvalue weighted by Gasteiger charge is -2.26. The van der Waals surface area contributed by atoms with Crippen molar-refractivity contribution in [2.75, 3.05) is 10.5 Å². The number of nitrogen functional groups attached to an aromatic ring is 1. The van der Waals surface area contributed by atoms with Crippen LogP contribution >= 0.6 is 0 Å². The fourth-order valence-corrected chi connectivity index (χ4v) is 5.47. The van der Waals surface area contributed by atoms with Crippen LogP contribution in [0.3, 0.4) is 0 Å². The van der Waals surface area contributed by atoms with E-state index in [0.29, 0.717) is 41.4 Å². The first-order valence-corrected chi connectivity index (χ1v) is 12.2. The van der Waals surface area contributed by atoms with Gasteiger partial charge in [0.1, 0.15) is 5.75 Å². The molecular formula is C24H23N5O3S. The number of ether oxygens (including phenoxy) is 1. The van der Waals surface area contributed by atoms with Gasteiger partial charge in [-0.05, 0) is 49.6 Å². The SMILES string of the molecule is Cc1ccc2c(NS(=O)(=O)C3CCC3)cccc2c1Oc1ncccc1-c1ccnc(N)n1. The molecule has 1 fully saturated rings. The molecule has 4 aromatic rings. The van der Waals surface area contributed by atoms with Gasteiger partial charge in [-0.3, -0.25) is 4.72 Å². The molecule has 0 radical (unpaired) electrons. The average Bonchev–Trinajstić information content (AvgIpc) is 2.74. The van der Waals surface area contributed by atoms with Gasteiger partial charge in [0.2, 0.25) is 21.9 Å². The number of hydrogen-bond donors (Lipinski definition) is 2. The normalized spacial score (nSPS) is 14.1. The number of rotatable bonds is 6. The van der Waals surface area contributed by atoms with Crippen LogP contribution in [-0.2, 0) is 10.0 Å². The Bertz CT molecular complexity index is 1450. The van der Waals surface area contributed by atoms with Gasteiger partial charge in [-0.15, -0.1) is 0 Å². The fraction of sp³-hybridized carbons (Fsp3) is 0.208. The number of aromatic nitrogens is 3. The van der Waals surface area contributed by atoms with E-state index in [1.807, 2.05) is 37.3 Å². The molecule has 2 aromatic carbocycles. The van der Waals surface area contributed by atoms with Gasteiger partial charge in [0.15, 0.2) is 0 Å². The van der Waals surface area contributed by atoms with Crippen LogP contribution in [-0.4, -0.2) is 28.6 Å². The minimum absolute atomic E-state index is 0.159. The Kier molecular flexibility index (Phi) is 5.33. The molecule has 8 nitrogen and oxygen atoms in total. The first kappa shape index (κ1) is 21.1. The van der Waals surface area contributed by atoms with E-state index < -0.39 is 10.0 Å². The van der Waals surface area contributed by atoms with Gasteiger partial charge in [-0.25, -0.2) is 23.4 Å². The zero-order chi connectivity index (χ0) is 23.0. The van der Waals surface area contributed by atoms with Gasteiger partial charge in [0.05, 0.1) is 22.2 Å². The Morgan fingerprint density at radius 2 is 1.85 bits per heavy atom. The lowest BCUT2D eigenvalue weighted by atomic mass is 10.0. The average molecular weight is 462 g/mol. The molecule has 5 rings (SSSR count). The highest BCUT2D eigenvalue weighted by Gasteiger charge is 2.31. The van der Waals surface area contributed by atoms with E-state index in [1.54, 1.807) is 30.6 Å². The van der Waals surface area contributed by atoms with E-state index in [1.165, 1.54) is 0 Å². The summed E-state index contributed by atoms with van der Waals surface area (Å²) in [6.45, 7) is 1.94. The van der Waals surface area contributed by atoms with Gasteiger partial charge in [0, 0.05) is 23.2 Å². The summed E-state index contributed by atoms with van der Waals surface area (Å²) < 4.78 is 34.6. The van der Waals surface area contributed by atoms with Crippen LogP contribution in [0, 0.1) is 6.92 Å². The lowest BCUT2D eigenvalue weighted by Crippen LogP contribution is -2.33. The molecule has 1 aliphatic carbocycles. The molecule has 0 spiro atoms. The van der Waals surface area contributed by atoms with Crippen molar-refractivity contribution < 1.29 is 13.2 Å². The second-order valence-electron chi connectivity index (χ2n) is 8.07. The van der Waals surface area contributed by atoms with Crippen molar-refractivity contribution in [3.8, 4) is 22.9 Å². The van der Waals surface area contributed by atoms with Crippen molar-refractivity contribution in [3.05, 3.63) is 66.5 Å². The Labute approximate surface area is 191 Å². The molecule has 0 atom stereocenters. The third-order valence-corrected chi connectivity index (χ3v) is 7.73. The standard InChI is InChI=1S/C24H23N5O3S/c1-15-10-11-17-18(7-3-9-21(17)29-33(30,31)16-5-2-6-16)22(15)32-23-19(8-4-13-26-23)20-12-14-27-24(25)28-20/h3-4,7-14,16,29H,2,5-6H2,1H3,(H2,25,27,28). The van der Waals surface area contributed by atoms with Crippen LogP contribution in [0.15, 0.2) is 60.9 Å². The van der Waals surface area contributed by atoms with Crippen molar-refractivity contribution >= 4 is 32.4 Å². The van der Waals surface area contributed by atoms with E-state index in [4.69, 9.17) is 10.5 Å². The molecule has 2 aromatic heterocycles. The molecule has 1 saturated carbocycles. The molecule has 0 bridgehead atoms. The Hall–Kier alpha value is -3.72. The Morgan fingerprint density at radius 3 is 2.61 bits per heavy atom. The first-order valence-electron chi connectivity index (χ1n) is 10.7. The maximum Gasteiger partial charge on any atom is 0.235 e. The quantitative estimate of drug-likeness (QED) is 0.428. The largest absolute Gasteiger partial charge is 0.437 e. The van der Waals surface area contributed by atoms with Gasteiger partial charge < -0.3 is 10.5 Å². The highest BCUT2D eigenvalue weighted by Crippen LogP contribution is 2.39. The summed E-state index contributed by atoms with van der Waals surface area (Å²) in [5.41, 5.74) is 8.45. The summed E-state index contributed by atoms with van der Waals surface area (Å²) in [5, 5.41) is 1.21. The van der Waals surface area contributed by atoms with E-state index >= 15 is 0 Å². The lowest BCUT2D eigenvalue weighted by molar-refractivity contribution is 0.466. The molecule has 3 N–H and O–H groups in total. The van der Waals surface area contributed by atoms with Crippen LogP contribution in [0.4, 0.5) is 11.6 Å². The zero-order valence-electron chi connectivity index (χ0n) is 18.0. The predicted octanol–water partition coefficient (Wildman–Crippen LogP) is 4.67. The molecule has 0 unspecified atom stereocenters. The predicted molar refractivity (Wildman–Crippen MR) is 129 cm³/mol. The molecular weight excluding hydrogens is 438 g/mol. The molecule has 1 aliphatic rings. The monoisotopic (exact) mass is 461 g/mol. The summed E-state index contributed by atoms with van der Waals surface area (Å²) in [6.07, 6.45) is 5.57. The number of nitrogens with zero attached hydrogens (tertiary/aromatic N) is 3. The molecule has 33 heavy (non-hydrogen) atoms. The van der Waals surface area contributed by atoms with Crippen molar-refractivity contribution in [3.63, 3.8) is 0 Å². The van der Waals surface area contributed by atoms with Crippen LogP contribution in [0.2, 0.25) is 0 Å². The molecule has 168 valence electrons. The van der Waals surface area contributed by atoms with Crippen molar-refractivity contribution in [2.24, 2.45) is 0 Å². The molecule has 9 heteroatoms. The van der Waals surface area contributed by atoms with E-state index in [2.05, 4.69) is 19.7 Å². The second-order valence-corrected chi connectivity index (χ2v) is 10.0. The summed E-state index contributed by atoms with van der Waals surface area (Å²) in [7, 11) is -3.43. The van der Waals surface area contributed by atoms with E-state index in [9.17, 15) is 8.42 Å². The third-order valence-electron chi connectivity index (χ3n) is 5.87. The summed E-state index contributed by atoms with van der Waals surface area (Å²) in [4.78, 5) is 12.6. The number of nitrogens with one attached hydrogen (secondary N) is 1. The fourth-order valence-electron chi connectivity index (χ4n) is 3.87. The first-order chi connectivity index (χ1) is 15.9. The highest BCUT2D eigenvalue weighted by molar-refractivity contribution is 7.93.